The maximum absolute atomic E-state index is 13.6. The zero-order chi connectivity index (χ0) is 18.1. The van der Waals surface area contributed by atoms with E-state index in [0.717, 1.165) is 30.6 Å². The van der Waals surface area contributed by atoms with E-state index < -0.39 is 0 Å². The number of nitrogens with zero attached hydrogens (tertiary/aromatic N) is 3. The van der Waals surface area contributed by atoms with Crippen molar-refractivity contribution in [2.24, 2.45) is 5.92 Å². The minimum absolute atomic E-state index is 0.00945. The zero-order valence-electron chi connectivity index (χ0n) is 14.4. The van der Waals surface area contributed by atoms with Crippen LogP contribution in [0.3, 0.4) is 0 Å². The number of benzene rings is 1. The third-order valence-corrected chi connectivity index (χ3v) is 5.70. The molecule has 1 aromatic carbocycles. The molecule has 5 rings (SSSR count). The molecular formula is C20H21ClFN3O. The quantitative estimate of drug-likeness (QED) is 0.823. The number of carbonyl (C=O) groups is 1. The number of halogens is 2. The third kappa shape index (κ3) is 3.60. The summed E-state index contributed by atoms with van der Waals surface area (Å²) in [6.07, 6.45) is 3.67. The van der Waals surface area contributed by atoms with E-state index in [-0.39, 0.29) is 23.7 Å². The molecule has 3 aliphatic heterocycles. The smallest absolute Gasteiger partial charge is 0.227 e. The van der Waals surface area contributed by atoms with Crippen LogP contribution in [0.4, 0.5) is 4.39 Å². The van der Waals surface area contributed by atoms with Crippen LogP contribution in [0.25, 0.3) is 0 Å². The third-order valence-electron chi connectivity index (χ3n) is 5.33. The van der Waals surface area contributed by atoms with Gasteiger partial charge < -0.3 is 4.90 Å². The Hall–Kier alpha value is -1.98. The summed E-state index contributed by atoms with van der Waals surface area (Å²) in [7, 11) is 0. The largest absolute Gasteiger partial charge is 0.332 e. The second-order valence-electron chi connectivity index (χ2n) is 7.15. The van der Waals surface area contributed by atoms with Gasteiger partial charge in [0.15, 0.2) is 0 Å². The Morgan fingerprint density at radius 2 is 2.04 bits per heavy atom. The van der Waals surface area contributed by atoms with Gasteiger partial charge in [0.05, 0.1) is 18.2 Å². The van der Waals surface area contributed by atoms with Crippen molar-refractivity contribution in [1.82, 2.24) is 14.8 Å². The van der Waals surface area contributed by atoms with Crippen molar-refractivity contribution in [2.45, 2.75) is 32.0 Å². The second-order valence-corrected chi connectivity index (χ2v) is 7.55. The van der Waals surface area contributed by atoms with E-state index in [1.165, 1.54) is 12.1 Å². The molecule has 4 nitrogen and oxygen atoms in total. The van der Waals surface area contributed by atoms with Gasteiger partial charge in [0.1, 0.15) is 5.82 Å². The van der Waals surface area contributed by atoms with E-state index in [2.05, 4.69) is 9.88 Å². The maximum Gasteiger partial charge on any atom is 0.227 e. The van der Waals surface area contributed by atoms with E-state index in [1.807, 2.05) is 23.1 Å². The van der Waals surface area contributed by atoms with Gasteiger partial charge in [0, 0.05) is 36.9 Å². The van der Waals surface area contributed by atoms with Gasteiger partial charge in [-0.15, -0.1) is 0 Å². The molecule has 0 radical (unpaired) electrons. The molecule has 2 aromatic rings. The molecule has 2 atom stereocenters. The maximum atomic E-state index is 13.6. The summed E-state index contributed by atoms with van der Waals surface area (Å²) in [6, 6.07) is 10.4. The van der Waals surface area contributed by atoms with E-state index >= 15 is 0 Å². The van der Waals surface area contributed by atoms with Crippen LogP contribution in [0.5, 0.6) is 0 Å². The number of piperidine rings is 1. The van der Waals surface area contributed by atoms with Gasteiger partial charge >= 0.3 is 0 Å². The SMILES string of the molecule is O=C1[C@H]2CC[C@H](CN(Cc3cc(F)ccc3Cl)C2)N1Cc1ccccn1. The molecule has 1 aromatic heterocycles. The Morgan fingerprint density at radius 3 is 2.85 bits per heavy atom. The van der Waals surface area contributed by atoms with Crippen LogP contribution in [0.1, 0.15) is 24.1 Å². The Kier molecular flexibility index (Phi) is 4.92. The summed E-state index contributed by atoms with van der Waals surface area (Å²) in [5, 5.41) is 0.569. The number of hydrogen-bond acceptors (Lipinski definition) is 3. The minimum Gasteiger partial charge on any atom is -0.332 e. The van der Waals surface area contributed by atoms with Gasteiger partial charge in [-0.25, -0.2) is 4.39 Å². The van der Waals surface area contributed by atoms with Crippen molar-refractivity contribution < 1.29 is 9.18 Å². The molecule has 3 saturated heterocycles. The summed E-state index contributed by atoms with van der Waals surface area (Å²) < 4.78 is 13.6. The lowest BCUT2D eigenvalue weighted by Crippen LogP contribution is -2.47. The van der Waals surface area contributed by atoms with Crippen molar-refractivity contribution in [3.8, 4) is 0 Å². The molecule has 0 spiro atoms. The molecule has 2 bridgehead atoms. The minimum atomic E-state index is -0.282. The molecule has 1 amide bonds. The number of fused-ring (bicyclic) bond motifs is 4. The van der Waals surface area contributed by atoms with Gasteiger partial charge in [0.2, 0.25) is 5.91 Å². The number of hydrogen-bond donors (Lipinski definition) is 0. The van der Waals surface area contributed by atoms with Crippen LogP contribution in [0, 0.1) is 11.7 Å². The Labute approximate surface area is 157 Å². The Bertz CT molecular complexity index is 801. The molecule has 136 valence electrons. The van der Waals surface area contributed by atoms with Crippen LogP contribution in [-0.4, -0.2) is 39.8 Å². The van der Waals surface area contributed by atoms with Crippen LogP contribution in [0.15, 0.2) is 42.6 Å². The molecule has 3 fully saturated rings. The molecule has 3 aliphatic rings. The molecule has 6 heteroatoms. The summed E-state index contributed by atoms with van der Waals surface area (Å²) >= 11 is 6.23. The van der Waals surface area contributed by atoms with Crippen molar-refractivity contribution in [1.29, 1.82) is 0 Å². The average Bonchev–Trinajstić information content (AvgIpc) is 2.91. The normalized spacial score (nSPS) is 23.3. The molecule has 4 heterocycles. The fraction of sp³-hybridized carbons (Fsp3) is 0.400. The van der Waals surface area contributed by atoms with Crippen LogP contribution in [-0.2, 0) is 17.9 Å². The molecule has 0 saturated carbocycles. The van der Waals surface area contributed by atoms with Crippen molar-refractivity contribution in [2.75, 3.05) is 13.1 Å². The lowest BCUT2D eigenvalue weighted by atomic mass is 9.94. The fourth-order valence-electron chi connectivity index (χ4n) is 4.04. The highest BCUT2D eigenvalue weighted by Gasteiger charge is 2.40. The molecular weight excluding hydrogens is 353 g/mol. The van der Waals surface area contributed by atoms with Crippen LogP contribution >= 0.6 is 11.6 Å². The predicted octanol–water partition coefficient (Wildman–Crippen LogP) is 3.50. The number of amides is 1. The van der Waals surface area contributed by atoms with Gasteiger partial charge in [-0.3, -0.25) is 14.7 Å². The molecule has 0 unspecified atom stereocenters. The fourth-order valence-corrected chi connectivity index (χ4v) is 4.22. The van der Waals surface area contributed by atoms with Gasteiger partial charge in [-0.2, -0.15) is 0 Å². The number of carbonyl (C=O) groups excluding carboxylic acids is 1. The van der Waals surface area contributed by atoms with Crippen molar-refractivity contribution in [3.05, 3.63) is 64.7 Å². The van der Waals surface area contributed by atoms with E-state index in [1.54, 1.807) is 12.3 Å². The number of rotatable bonds is 4. The summed E-state index contributed by atoms with van der Waals surface area (Å²) in [6.45, 7) is 2.59. The lowest BCUT2D eigenvalue weighted by molar-refractivity contribution is -0.140. The van der Waals surface area contributed by atoms with Crippen LogP contribution < -0.4 is 0 Å². The molecule has 0 aliphatic carbocycles. The summed E-state index contributed by atoms with van der Waals surface area (Å²) in [5.74, 6) is -0.0837. The zero-order valence-corrected chi connectivity index (χ0v) is 15.2. The standard InChI is InChI=1S/C20H21ClFN3O/c21-19-7-5-16(22)9-15(19)11-24-10-14-4-6-18(13-24)25(20(14)26)12-17-3-1-2-8-23-17/h1-3,5,7-9,14,18H,4,6,10-13H2/t14-,18+/m0/s1. The predicted molar refractivity (Wildman–Crippen MR) is 98.0 cm³/mol. The van der Waals surface area contributed by atoms with E-state index in [0.29, 0.717) is 24.7 Å². The van der Waals surface area contributed by atoms with Gasteiger partial charge in [0.25, 0.3) is 0 Å². The van der Waals surface area contributed by atoms with Crippen molar-refractivity contribution in [3.63, 3.8) is 0 Å². The summed E-state index contributed by atoms with van der Waals surface area (Å²) in [5.41, 5.74) is 1.69. The summed E-state index contributed by atoms with van der Waals surface area (Å²) in [4.78, 5) is 21.5. The second kappa shape index (κ2) is 7.33. The first-order chi connectivity index (χ1) is 12.6. The monoisotopic (exact) mass is 373 g/mol. The van der Waals surface area contributed by atoms with Gasteiger partial charge in [-0.1, -0.05) is 17.7 Å². The first kappa shape index (κ1) is 17.4. The number of pyridine rings is 1. The highest BCUT2D eigenvalue weighted by molar-refractivity contribution is 6.31. The van der Waals surface area contributed by atoms with Gasteiger partial charge in [-0.05, 0) is 48.7 Å². The highest BCUT2D eigenvalue weighted by atomic mass is 35.5. The molecule has 0 N–H and O–H groups in total. The van der Waals surface area contributed by atoms with E-state index in [4.69, 9.17) is 11.6 Å². The Balaban J connectivity index is 1.52. The number of aromatic nitrogens is 1. The average molecular weight is 374 g/mol. The lowest BCUT2D eigenvalue weighted by Gasteiger charge is -2.35. The highest BCUT2D eigenvalue weighted by Crippen LogP contribution is 2.31. The van der Waals surface area contributed by atoms with Crippen LogP contribution in [0.2, 0.25) is 5.02 Å². The Morgan fingerprint density at radius 1 is 1.15 bits per heavy atom. The first-order valence-electron chi connectivity index (χ1n) is 8.97. The topological polar surface area (TPSA) is 36.4 Å². The molecule has 26 heavy (non-hydrogen) atoms. The van der Waals surface area contributed by atoms with Crippen molar-refractivity contribution >= 4 is 17.5 Å². The van der Waals surface area contributed by atoms with E-state index in [9.17, 15) is 9.18 Å². The first-order valence-corrected chi connectivity index (χ1v) is 9.34.